The van der Waals surface area contributed by atoms with Gasteiger partial charge in [0.2, 0.25) is 5.91 Å². The molecular weight excluding hydrogens is 250 g/mol. The van der Waals surface area contributed by atoms with E-state index in [1.165, 1.54) is 0 Å². The molecule has 1 aromatic heterocycles. The number of amides is 1. The highest BCUT2D eigenvalue weighted by Gasteiger charge is 2.02. The van der Waals surface area contributed by atoms with Crippen LogP contribution in [0.2, 0.25) is 0 Å². The third kappa shape index (κ3) is 4.72. The van der Waals surface area contributed by atoms with Crippen LogP contribution >= 0.6 is 0 Å². The molecule has 0 atom stereocenters. The van der Waals surface area contributed by atoms with Gasteiger partial charge in [0.15, 0.2) is 0 Å². The highest BCUT2D eigenvalue weighted by atomic mass is 16.1. The zero-order chi connectivity index (χ0) is 14.2. The van der Waals surface area contributed by atoms with Crippen LogP contribution in [-0.2, 0) is 17.6 Å². The molecule has 4 heteroatoms. The van der Waals surface area contributed by atoms with Crippen molar-refractivity contribution in [3.63, 3.8) is 0 Å². The van der Waals surface area contributed by atoms with E-state index in [0.29, 0.717) is 13.0 Å². The summed E-state index contributed by atoms with van der Waals surface area (Å²) in [5.74, 6) is 0.0674. The minimum atomic E-state index is 0.0674. The Hall–Kier alpha value is -2.36. The van der Waals surface area contributed by atoms with Gasteiger partial charge in [-0.3, -0.25) is 9.78 Å². The molecule has 0 unspecified atom stereocenters. The van der Waals surface area contributed by atoms with Crippen LogP contribution in [0.3, 0.4) is 0 Å². The Morgan fingerprint density at radius 1 is 1.10 bits per heavy atom. The molecule has 1 amide bonds. The smallest absolute Gasteiger partial charge is 0.220 e. The van der Waals surface area contributed by atoms with Crippen molar-refractivity contribution in [1.82, 2.24) is 10.3 Å². The number of rotatable bonds is 6. The molecule has 0 aliphatic carbocycles. The average Bonchev–Trinajstić information content (AvgIpc) is 2.48. The first-order valence-electron chi connectivity index (χ1n) is 6.75. The number of aromatic nitrogens is 1. The largest absolute Gasteiger partial charge is 0.399 e. The minimum absolute atomic E-state index is 0.0674. The number of carbonyl (C=O) groups excluding carboxylic acids is 1. The predicted molar refractivity (Wildman–Crippen MR) is 80.1 cm³/mol. The molecule has 104 valence electrons. The maximum atomic E-state index is 11.7. The molecule has 20 heavy (non-hydrogen) atoms. The molecule has 1 aromatic carbocycles. The van der Waals surface area contributed by atoms with E-state index >= 15 is 0 Å². The molecule has 1 heterocycles. The molecule has 0 saturated heterocycles. The van der Waals surface area contributed by atoms with Gasteiger partial charge in [-0.05, 0) is 36.2 Å². The highest BCUT2D eigenvalue weighted by molar-refractivity contribution is 5.76. The lowest BCUT2D eigenvalue weighted by Gasteiger charge is -2.05. The van der Waals surface area contributed by atoms with E-state index in [1.54, 1.807) is 6.20 Å². The van der Waals surface area contributed by atoms with Gasteiger partial charge in [-0.2, -0.15) is 0 Å². The van der Waals surface area contributed by atoms with Crippen LogP contribution in [0, 0.1) is 0 Å². The Morgan fingerprint density at radius 3 is 2.60 bits per heavy atom. The van der Waals surface area contributed by atoms with E-state index in [-0.39, 0.29) is 5.91 Å². The maximum Gasteiger partial charge on any atom is 0.220 e. The van der Waals surface area contributed by atoms with Gasteiger partial charge >= 0.3 is 0 Å². The van der Waals surface area contributed by atoms with E-state index in [1.807, 2.05) is 42.5 Å². The van der Waals surface area contributed by atoms with Crippen molar-refractivity contribution in [2.45, 2.75) is 19.3 Å². The normalized spacial score (nSPS) is 10.2. The lowest BCUT2D eigenvalue weighted by molar-refractivity contribution is -0.121. The Labute approximate surface area is 119 Å². The van der Waals surface area contributed by atoms with Crippen molar-refractivity contribution in [2.24, 2.45) is 0 Å². The van der Waals surface area contributed by atoms with Gasteiger partial charge in [0.25, 0.3) is 0 Å². The molecule has 2 rings (SSSR count). The van der Waals surface area contributed by atoms with E-state index in [0.717, 1.165) is 29.8 Å². The van der Waals surface area contributed by atoms with Crippen LogP contribution < -0.4 is 11.1 Å². The number of hydrogen-bond acceptors (Lipinski definition) is 3. The zero-order valence-electron chi connectivity index (χ0n) is 11.4. The first-order valence-corrected chi connectivity index (χ1v) is 6.75. The number of nitrogen functional groups attached to an aromatic ring is 1. The van der Waals surface area contributed by atoms with E-state index < -0.39 is 0 Å². The molecule has 2 aromatic rings. The summed E-state index contributed by atoms with van der Waals surface area (Å²) in [7, 11) is 0. The summed E-state index contributed by atoms with van der Waals surface area (Å²) in [6, 6.07) is 13.4. The number of nitrogens with zero attached hydrogens (tertiary/aromatic N) is 1. The van der Waals surface area contributed by atoms with Gasteiger partial charge in [0, 0.05) is 37.0 Å². The molecule has 0 bridgehead atoms. The van der Waals surface area contributed by atoms with Crippen LogP contribution in [0.1, 0.15) is 17.7 Å². The minimum Gasteiger partial charge on any atom is -0.399 e. The molecule has 3 N–H and O–H groups in total. The Bertz CT molecular complexity index is 537. The average molecular weight is 269 g/mol. The Balaban J connectivity index is 1.67. The van der Waals surface area contributed by atoms with Crippen molar-refractivity contribution in [3.05, 3.63) is 59.9 Å². The summed E-state index contributed by atoms with van der Waals surface area (Å²) >= 11 is 0. The number of aryl methyl sites for hydroxylation is 1. The van der Waals surface area contributed by atoms with Crippen molar-refractivity contribution >= 4 is 11.6 Å². The Kier molecular flexibility index (Phi) is 5.12. The van der Waals surface area contributed by atoms with Crippen LogP contribution in [0.15, 0.2) is 48.7 Å². The fourth-order valence-corrected chi connectivity index (χ4v) is 1.91. The summed E-state index contributed by atoms with van der Waals surface area (Å²) < 4.78 is 0. The van der Waals surface area contributed by atoms with E-state index in [2.05, 4.69) is 10.3 Å². The maximum absolute atomic E-state index is 11.7. The molecule has 0 spiro atoms. The van der Waals surface area contributed by atoms with Gasteiger partial charge < -0.3 is 11.1 Å². The second-order valence-corrected chi connectivity index (χ2v) is 4.66. The van der Waals surface area contributed by atoms with Crippen LogP contribution in [0.5, 0.6) is 0 Å². The number of nitrogens with one attached hydrogen (secondary N) is 1. The van der Waals surface area contributed by atoms with Crippen LogP contribution in [0.4, 0.5) is 5.69 Å². The van der Waals surface area contributed by atoms with Gasteiger partial charge in [-0.1, -0.05) is 18.2 Å². The summed E-state index contributed by atoms with van der Waals surface area (Å²) in [4.78, 5) is 15.9. The number of benzene rings is 1. The fraction of sp³-hybridized carbons (Fsp3) is 0.250. The summed E-state index contributed by atoms with van der Waals surface area (Å²) in [6.07, 6.45) is 3.74. The van der Waals surface area contributed by atoms with E-state index in [9.17, 15) is 4.79 Å². The first-order chi connectivity index (χ1) is 9.74. The van der Waals surface area contributed by atoms with Crippen molar-refractivity contribution in [3.8, 4) is 0 Å². The molecular formula is C16H19N3O. The summed E-state index contributed by atoms with van der Waals surface area (Å²) in [6.45, 7) is 0.623. The predicted octanol–water partition coefficient (Wildman–Crippen LogP) is 1.96. The number of pyridine rings is 1. The number of carbonyl (C=O) groups is 1. The van der Waals surface area contributed by atoms with Gasteiger partial charge in [0.05, 0.1) is 0 Å². The van der Waals surface area contributed by atoms with Crippen molar-refractivity contribution < 1.29 is 4.79 Å². The lowest BCUT2D eigenvalue weighted by atomic mass is 10.1. The third-order valence-electron chi connectivity index (χ3n) is 3.05. The topological polar surface area (TPSA) is 68.0 Å². The second kappa shape index (κ2) is 7.28. The van der Waals surface area contributed by atoms with E-state index in [4.69, 9.17) is 5.73 Å². The first kappa shape index (κ1) is 14.1. The second-order valence-electron chi connectivity index (χ2n) is 4.66. The van der Waals surface area contributed by atoms with Gasteiger partial charge in [0.1, 0.15) is 0 Å². The molecule has 4 nitrogen and oxygen atoms in total. The number of nitrogens with two attached hydrogens (primary N) is 1. The summed E-state index contributed by atoms with van der Waals surface area (Å²) in [5.41, 5.74) is 8.48. The molecule has 0 fully saturated rings. The SMILES string of the molecule is Nc1ccc(CCC(=O)NCCc2ccccn2)cc1. The molecule has 0 aliphatic rings. The van der Waals surface area contributed by atoms with Gasteiger partial charge in [-0.25, -0.2) is 0 Å². The highest BCUT2D eigenvalue weighted by Crippen LogP contribution is 2.07. The standard InChI is InChI=1S/C16H19N3O/c17-14-7-4-13(5-8-14)6-9-16(20)19-12-10-15-3-1-2-11-18-15/h1-5,7-8,11H,6,9-10,12,17H2,(H,19,20). The molecule has 0 radical (unpaired) electrons. The molecule has 0 saturated carbocycles. The van der Waals surface area contributed by atoms with Crippen molar-refractivity contribution in [2.75, 3.05) is 12.3 Å². The quantitative estimate of drug-likeness (QED) is 0.788. The number of anilines is 1. The van der Waals surface area contributed by atoms with Crippen LogP contribution in [0.25, 0.3) is 0 Å². The van der Waals surface area contributed by atoms with Gasteiger partial charge in [-0.15, -0.1) is 0 Å². The zero-order valence-corrected chi connectivity index (χ0v) is 11.4. The Morgan fingerprint density at radius 2 is 1.90 bits per heavy atom. The van der Waals surface area contributed by atoms with Crippen LogP contribution in [-0.4, -0.2) is 17.4 Å². The lowest BCUT2D eigenvalue weighted by Crippen LogP contribution is -2.26. The van der Waals surface area contributed by atoms with Crippen molar-refractivity contribution in [1.29, 1.82) is 0 Å². The number of hydrogen-bond donors (Lipinski definition) is 2. The third-order valence-corrected chi connectivity index (χ3v) is 3.05. The monoisotopic (exact) mass is 269 g/mol. The molecule has 0 aliphatic heterocycles. The summed E-state index contributed by atoms with van der Waals surface area (Å²) in [5, 5.41) is 2.91. The fourth-order valence-electron chi connectivity index (χ4n) is 1.91.